The summed E-state index contributed by atoms with van der Waals surface area (Å²) in [6, 6.07) is 17.5. The fourth-order valence-electron chi connectivity index (χ4n) is 3.52. The van der Waals surface area contributed by atoms with Crippen molar-refractivity contribution in [3.05, 3.63) is 95.0 Å². The van der Waals surface area contributed by atoms with Crippen LogP contribution in [-0.2, 0) is 0 Å². The second kappa shape index (κ2) is 11.2. The molecule has 0 spiro atoms. The van der Waals surface area contributed by atoms with E-state index in [4.69, 9.17) is 16.7 Å². The number of anilines is 1. The van der Waals surface area contributed by atoms with Gasteiger partial charge in [-0.15, -0.1) is 0 Å². The van der Waals surface area contributed by atoms with Crippen molar-refractivity contribution in [1.29, 1.82) is 0 Å². The van der Waals surface area contributed by atoms with Gasteiger partial charge in [0.1, 0.15) is 23.0 Å². The topological polar surface area (TPSA) is 117 Å². The van der Waals surface area contributed by atoms with Crippen molar-refractivity contribution in [3.8, 4) is 16.9 Å². The molecule has 8 nitrogen and oxygen atoms in total. The summed E-state index contributed by atoms with van der Waals surface area (Å²) in [4.78, 5) is 29.9. The Morgan fingerprint density at radius 2 is 1.86 bits per heavy atom. The molecule has 36 heavy (non-hydrogen) atoms. The van der Waals surface area contributed by atoms with Gasteiger partial charge in [0, 0.05) is 24.2 Å². The van der Waals surface area contributed by atoms with E-state index in [1.54, 1.807) is 30.3 Å². The summed E-state index contributed by atoms with van der Waals surface area (Å²) in [6.07, 6.45) is 0.470. The van der Waals surface area contributed by atoms with Gasteiger partial charge in [0.15, 0.2) is 5.78 Å². The van der Waals surface area contributed by atoms with Crippen LogP contribution in [0.25, 0.3) is 16.9 Å². The van der Waals surface area contributed by atoms with Gasteiger partial charge in [0.05, 0.1) is 29.0 Å². The molecule has 0 aliphatic carbocycles. The number of ketones is 1. The van der Waals surface area contributed by atoms with E-state index in [-0.39, 0.29) is 46.4 Å². The maximum atomic E-state index is 14.2. The van der Waals surface area contributed by atoms with Crippen molar-refractivity contribution in [2.75, 3.05) is 11.9 Å². The third kappa shape index (κ3) is 5.65. The molecular weight excluding hydrogens is 487 g/mol. The second-order valence-corrected chi connectivity index (χ2v) is 8.35. The Balaban J connectivity index is 1.66. The predicted molar refractivity (Wildman–Crippen MR) is 133 cm³/mol. The number of halogens is 2. The number of carbonyl (C=O) groups excluding carboxylic acids is 2. The van der Waals surface area contributed by atoms with Gasteiger partial charge in [-0.1, -0.05) is 35.9 Å². The molecule has 0 aliphatic rings. The molecule has 4 rings (SSSR count). The average molecular weight is 509 g/mol. The molecule has 1 amide bonds. The van der Waals surface area contributed by atoms with Crippen LogP contribution in [0.2, 0.25) is 5.02 Å². The maximum Gasteiger partial charge on any atom is 0.258 e. The van der Waals surface area contributed by atoms with Gasteiger partial charge >= 0.3 is 0 Å². The monoisotopic (exact) mass is 508 g/mol. The molecule has 3 N–H and O–H groups in total. The molecule has 0 fully saturated rings. The van der Waals surface area contributed by atoms with E-state index in [2.05, 4.69) is 15.4 Å². The number of para-hydroxylation sites is 1. The Labute approximate surface area is 211 Å². The third-order valence-corrected chi connectivity index (χ3v) is 5.73. The minimum absolute atomic E-state index is 0.0373. The number of rotatable bonds is 9. The standard InChI is InChI=1S/C26H22ClFN4O4/c27-20-10-8-16(25-21(28)7-4-12-29-25)13-19(20)26(36)30-24-14-22(23(35)11-9-18(34)15-33)31-32(24)17-5-2-1-3-6-17/h1-8,10,12-14,18,33-34H,9,11,15H2,(H,30,36). The Bertz CT molecular complexity index is 1390. The van der Waals surface area contributed by atoms with E-state index < -0.39 is 24.4 Å². The Morgan fingerprint density at radius 3 is 2.58 bits per heavy atom. The number of aromatic nitrogens is 3. The fraction of sp³-hybridized carbons (Fsp3) is 0.154. The summed E-state index contributed by atoms with van der Waals surface area (Å²) >= 11 is 6.29. The number of pyridine rings is 1. The van der Waals surface area contributed by atoms with E-state index in [9.17, 15) is 19.1 Å². The van der Waals surface area contributed by atoms with Crippen molar-refractivity contribution in [1.82, 2.24) is 14.8 Å². The number of nitrogens with one attached hydrogen (secondary N) is 1. The Kier molecular flexibility index (Phi) is 7.84. The first-order valence-electron chi connectivity index (χ1n) is 11.1. The minimum atomic E-state index is -1.01. The van der Waals surface area contributed by atoms with Gasteiger partial charge < -0.3 is 15.5 Å². The summed E-state index contributed by atoms with van der Waals surface area (Å²) in [6.45, 7) is -0.449. The van der Waals surface area contributed by atoms with Crippen molar-refractivity contribution in [2.24, 2.45) is 0 Å². The molecule has 0 saturated carbocycles. The minimum Gasteiger partial charge on any atom is -0.394 e. The summed E-state index contributed by atoms with van der Waals surface area (Å²) in [7, 11) is 0. The number of carbonyl (C=O) groups is 2. The van der Waals surface area contributed by atoms with Crippen LogP contribution >= 0.6 is 11.6 Å². The highest BCUT2D eigenvalue weighted by Crippen LogP contribution is 2.27. The predicted octanol–water partition coefficient (Wildman–Crippen LogP) is 4.30. The molecule has 1 unspecified atom stereocenters. The number of hydrogen-bond donors (Lipinski definition) is 3. The van der Waals surface area contributed by atoms with Gasteiger partial charge in [-0.25, -0.2) is 9.07 Å². The first kappa shape index (κ1) is 25.2. The number of amides is 1. The zero-order valence-electron chi connectivity index (χ0n) is 18.9. The van der Waals surface area contributed by atoms with Crippen molar-refractivity contribution in [3.63, 3.8) is 0 Å². The molecule has 0 bridgehead atoms. The highest BCUT2D eigenvalue weighted by molar-refractivity contribution is 6.34. The zero-order chi connectivity index (χ0) is 25.7. The van der Waals surface area contributed by atoms with Crippen LogP contribution in [0.4, 0.5) is 10.2 Å². The first-order valence-corrected chi connectivity index (χ1v) is 11.4. The summed E-state index contributed by atoms with van der Waals surface area (Å²) < 4.78 is 15.6. The summed E-state index contributed by atoms with van der Waals surface area (Å²) in [5, 5.41) is 25.8. The fourth-order valence-corrected chi connectivity index (χ4v) is 3.72. The van der Waals surface area contributed by atoms with Crippen molar-refractivity contribution < 1.29 is 24.2 Å². The quantitative estimate of drug-likeness (QED) is 0.290. The molecule has 4 aromatic rings. The van der Waals surface area contributed by atoms with Crippen LogP contribution in [0.3, 0.4) is 0 Å². The van der Waals surface area contributed by atoms with E-state index in [0.717, 1.165) is 0 Å². The number of Topliss-reactive ketones (excluding diaryl/α,β-unsaturated/α-hetero) is 1. The van der Waals surface area contributed by atoms with Crippen molar-refractivity contribution >= 4 is 29.1 Å². The molecular formula is C26H22ClFN4O4. The maximum absolute atomic E-state index is 14.2. The van der Waals surface area contributed by atoms with Crippen molar-refractivity contribution in [2.45, 2.75) is 18.9 Å². The van der Waals surface area contributed by atoms with Crippen LogP contribution in [0.15, 0.2) is 72.9 Å². The van der Waals surface area contributed by atoms with Gasteiger partial charge in [-0.3, -0.25) is 14.6 Å². The van der Waals surface area contributed by atoms with Gasteiger partial charge in [0.25, 0.3) is 5.91 Å². The van der Waals surface area contributed by atoms with Crippen LogP contribution < -0.4 is 5.32 Å². The van der Waals surface area contributed by atoms with Crippen LogP contribution in [0.1, 0.15) is 33.7 Å². The lowest BCUT2D eigenvalue weighted by Gasteiger charge is -2.11. The van der Waals surface area contributed by atoms with Gasteiger partial charge in [-0.05, 0) is 42.8 Å². The molecule has 2 heterocycles. The van der Waals surface area contributed by atoms with E-state index in [0.29, 0.717) is 11.3 Å². The highest BCUT2D eigenvalue weighted by Gasteiger charge is 2.20. The smallest absolute Gasteiger partial charge is 0.258 e. The molecule has 2 aromatic carbocycles. The largest absolute Gasteiger partial charge is 0.394 e. The van der Waals surface area contributed by atoms with Gasteiger partial charge in [0.2, 0.25) is 0 Å². The molecule has 2 aromatic heterocycles. The number of aliphatic hydroxyl groups excluding tert-OH is 2. The number of aliphatic hydroxyl groups is 2. The SMILES string of the molecule is O=C(CCC(O)CO)c1cc(NC(=O)c2cc(-c3ncccc3F)ccc2Cl)n(-c2ccccc2)n1. The van der Waals surface area contributed by atoms with E-state index in [1.807, 2.05) is 6.07 Å². The zero-order valence-corrected chi connectivity index (χ0v) is 19.7. The first-order chi connectivity index (χ1) is 17.4. The molecule has 0 aliphatic heterocycles. The lowest BCUT2D eigenvalue weighted by Crippen LogP contribution is -2.16. The number of nitrogens with zero attached hydrogens (tertiary/aromatic N) is 3. The van der Waals surface area contributed by atoms with E-state index in [1.165, 1.54) is 41.2 Å². The summed E-state index contributed by atoms with van der Waals surface area (Å²) in [5.41, 5.74) is 1.21. The number of hydrogen-bond acceptors (Lipinski definition) is 6. The summed E-state index contributed by atoms with van der Waals surface area (Å²) in [5.74, 6) is -1.28. The van der Waals surface area contributed by atoms with Crippen LogP contribution in [0.5, 0.6) is 0 Å². The Hall–Kier alpha value is -3.92. The third-order valence-electron chi connectivity index (χ3n) is 5.40. The van der Waals surface area contributed by atoms with E-state index >= 15 is 0 Å². The van der Waals surface area contributed by atoms with Crippen LogP contribution in [0, 0.1) is 5.82 Å². The average Bonchev–Trinajstić information content (AvgIpc) is 3.32. The molecule has 10 heteroatoms. The normalized spacial score (nSPS) is 11.8. The molecule has 0 radical (unpaired) electrons. The second-order valence-electron chi connectivity index (χ2n) is 7.94. The van der Waals surface area contributed by atoms with Gasteiger partial charge in [-0.2, -0.15) is 5.10 Å². The Morgan fingerprint density at radius 1 is 1.08 bits per heavy atom. The molecule has 0 saturated heterocycles. The molecule has 1 atom stereocenters. The molecule has 184 valence electrons. The lowest BCUT2D eigenvalue weighted by molar-refractivity contribution is 0.0777. The van der Waals surface area contributed by atoms with Crippen LogP contribution in [-0.4, -0.2) is 49.4 Å². The lowest BCUT2D eigenvalue weighted by atomic mass is 10.1. The highest BCUT2D eigenvalue weighted by atomic mass is 35.5. The number of benzene rings is 2.